The Hall–Kier alpha value is -1.38. The Balaban J connectivity index is 1.97. The third-order valence-electron chi connectivity index (χ3n) is 4.11. The molecular weight excluding hydrogens is 241 g/mol. The van der Waals surface area contributed by atoms with Gasteiger partial charge in [-0.3, -0.25) is 4.79 Å². The summed E-state index contributed by atoms with van der Waals surface area (Å²) in [6.07, 6.45) is 6.03. The molecule has 1 N–H and O–H groups in total. The molecule has 0 unspecified atom stereocenters. The van der Waals surface area contributed by atoms with E-state index >= 15 is 0 Å². The molecule has 0 saturated heterocycles. The normalized spacial score (nSPS) is 18.1. The number of halogens is 1. The summed E-state index contributed by atoms with van der Waals surface area (Å²) in [6, 6.07) is 4.72. The molecule has 1 saturated carbocycles. The summed E-state index contributed by atoms with van der Waals surface area (Å²) in [6.45, 7) is 4.66. The molecule has 0 heterocycles. The van der Waals surface area contributed by atoms with Crippen LogP contribution in [0.3, 0.4) is 0 Å². The van der Waals surface area contributed by atoms with E-state index in [4.69, 9.17) is 0 Å². The van der Waals surface area contributed by atoms with Crippen molar-refractivity contribution in [3.63, 3.8) is 0 Å². The van der Waals surface area contributed by atoms with E-state index in [-0.39, 0.29) is 16.9 Å². The monoisotopic (exact) mass is 263 g/mol. The molecule has 1 amide bonds. The second kappa shape index (κ2) is 5.72. The van der Waals surface area contributed by atoms with Gasteiger partial charge in [-0.25, -0.2) is 4.39 Å². The highest BCUT2D eigenvalue weighted by molar-refractivity contribution is 5.94. The summed E-state index contributed by atoms with van der Waals surface area (Å²) in [7, 11) is 0. The molecule has 0 atom stereocenters. The Morgan fingerprint density at radius 2 is 2.00 bits per heavy atom. The lowest BCUT2D eigenvalue weighted by molar-refractivity contribution is 0.0915. The van der Waals surface area contributed by atoms with Crippen molar-refractivity contribution in [1.29, 1.82) is 0 Å². The number of nitrogens with one attached hydrogen (secondary N) is 1. The number of aryl methyl sites for hydroxylation is 1. The molecule has 1 fully saturated rings. The number of carbonyl (C=O) groups is 1. The Bertz CT molecular complexity index is 464. The van der Waals surface area contributed by atoms with Crippen LogP contribution in [0, 0.1) is 18.2 Å². The predicted molar refractivity (Wildman–Crippen MR) is 74.7 cm³/mol. The fourth-order valence-corrected chi connectivity index (χ4v) is 2.78. The summed E-state index contributed by atoms with van der Waals surface area (Å²) in [5.41, 5.74) is 1.15. The zero-order valence-electron chi connectivity index (χ0n) is 11.8. The fourth-order valence-electron chi connectivity index (χ4n) is 2.78. The first kappa shape index (κ1) is 14.0. The standard InChI is InChI=1S/C16H22FNO/c1-12-6-7-13(14(17)10-12)15(19)18-11-16(2)8-4-3-5-9-16/h6-7,10H,3-5,8-9,11H2,1-2H3,(H,18,19). The number of carbonyl (C=O) groups excluding carboxylic acids is 1. The summed E-state index contributed by atoms with van der Waals surface area (Å²) in [4.78, 5) is 12.0. The summed E-state index contributed by atoms with van der Waals surface area (Å²) >= 11 is 0. The molecule has 0 aromatic heterocycles. The van der Waals surface area contributed by atoms with Crippen LogP contribution in [0.1, 0.15) is 54.9 Å². The maximum Gasteiger partial charge on any atom is 0.254 e. The number of amides is 1. The van der Waals surface area contributed by atoms with Crippen LogP contribution in [-0.4, -0.2) is 12.5 Å². The van der Waals surface area contributed by atoms with Gasteiger partial charge >= 0.3 is 0 Å². The first-order valence-corrected chi connectivity index (χ1v) is 7.05. The third kappa shape index (κ3) is 3.55. The van der Waals surface area contributed by atoms with Crippen LogP contribution < -0.4 is 5.32 Å². The van der Waals surface area contributed by atoms with Crippen LogP contribution in [0.5, 0.6) is 0 Å². The topological polar surface area (TPSA) is 29.1 Å². The van der Waals surface area contributed by atoms with Crippen LogP contribution >= 0.6 is 0 Å². The highest BCUT2D eigenvalue weighted by atomic mass is 19.1. The zero-order chi connectivity index (χ0) is 13.9. The minimum Gasteiger partial charge on any atom is -0.351 e. The lowest BCUT2D eigenvalue weighted by Crippen LogP contribution is -2.37. The van der Waals surface area contributed by atoms with Crippen molar-refractivity contribution in [2.24, 2.45) is 5.41 Å². The molecule has 2 rings (SSSR count). The second-order valence-corrected chi connectivity index (χ2v) is 6.04. The Kier molecular flexibility index (Phi) is 4.23. The third-order valence-corrected chi connectivity index (χ3v) is 4.11. The van der Waals surface area contributed by atoms with Gasteiger partial charge in [-0.2, -0.15) is 0 Å². The molecule has 0 spiro atoms. The molecule has 0 bridgehead atoms. The van der Waals surface area contributed by atoms with Crippen molar-refractivity contribution in [2.75, 3.05) is 6.54 Å². The van der Waals surface area contributed by atoms with Gasteiger partial charge in [0, 0.05) is 6.54 Å². The highest BCUT2D eigenvalue weighted by Gasteiger charge is 2.27. The van der Waals surface area contributed by atoms with Gasteiger partial charge in [0.25, 0.3) is 5.91 Å². The molecule has 1 aliphatic carbocycles. The van der Waals surface area contributed by atoms with Gasteiger partial charge in [-0.1, -0.05) is 32.3 Å². The highest BCUT2D eigenvalue weighted by Crippen LogP contribution is 2.34. The quantitative estimate of drug-likeness (QED) is 0.882. The van der Waals surface area contributed by atoms with E-state index in [0.717, 1.165) is 18.4 Å². The van der Waals surface area contributed by atoms with Crippen molar-refractivity contribution in [2.45, 2.75) is 46.0 Å². The molecule has 0 radical (unpaired) electrons. The van der Waals surface area contributed by atoms with Crippen molar-refractivity contribution >= 4 is 5.91 Å². The predicted octanol–water partition coefficient (Wildman–Crippen LogP) is 3.83. The average molecular weight is 263 g/mol. The average Bonchev–Trinajstić information content (AvgIpc) is 2.37. The molecule has 1 aromatic rings. The van der Waals surface area contributed by atoms with E-state index in [1.165, 1.54) is 25.3 Å². The van der Waals surface area contributed by atoms with Gasteiger partial charge in [0.1, 0.15) is 5.82 Å². The number of hydrogen-bond acceptors (Lipinski definition) is 1. The fraction of sp³-hybridized carbons (Fsp3) is 0.562. The maximum absolute atomic E-state index is 13.7. The zero-order valence-corrected chi connectivity index (χ0v) is 11.8. The molecule has 1 aromatic carbocycles. The minimum atomic E-state index is -0.439. The second-order valence-electron chi connectivity index (χ2n) is 6.04. The Labute approximate surface area is 114 Å². The molecule has 19 heavy (non-hydrogen) atoms. The van der Waals surface area contributed by atoms with E-state index in [2.05, 4.69) is 12.2 Å². The largest absolute Gasteiger partial charge is 0.351 e. The molecule has 3 heteroatoms. The van der Waals surface area contributed by atoms with Crippen LogP contribution in [0.2, 0.25) is 0 Å². The summed E-state index contributed by atoms with van der Waals surface area (Å²) in [5, 5.41) is 2.89. The van der Waals surface area contributed by atoms with E-state index in [1.54, 1.807) is 12.1 Å². The van der Waals surface area contributed by atoms with Crippen molar-refractivity contribution in [1.82, 2.24) is 5.32 Å². The molecule has 104 valence electrons. The lowest BCUT2D eigenvalue weighted by Gasteiger charge is -2.33. The summed E-state index contributed by atoms with van der Waals surface area (Å²) < 4.78 is 13.7. The summed E-state index contributed by atoms with van der Waals surface area (Å²) in [5.74, 6) is -0.740. The molecule has 1 aliphatic rings. The van der Waals surface area contributed by atoms with Gasteiger partial charge in [0.15, 0.2) is 0 Å². The van der Waals surface area contributed by atoms with Gasteiger partial charge in [-0.15, -0.1) is 0 Å². The van der Waals surface area contributed by atoms with Crippen molar-refractivity contribution in [3.05, 3.63) is 35.1 Å². The smallest absolute Gasteiger partial charge is 0.254 e. The van der Waals surface area contributed by atoms with Crippen molar-refractivity contribution in [3.8, 4) is 0 Å². The molecular formula is C16H22FNO. The first-order chi connectivity index (χ1) is 9.00. The molecule has 2 nitrogen and oxygen atoms in total. The van der Waals surface area contributed by atoms with Crippen LogP contribution in [0.4, 0.5) is 4.39 Å². The number of hydrogen-bond donors (Lipinski definition) is 1. The lowest BCUT2D eigenvalue weighted by atomic mass is 9.76. The van der Waals surface area contributed by atoms with Crippen LogP contribution in [0.25, 0.3) is 0 Å². The molecule has 0 aliphatic heterocycles. The number of benzene rings is 1. The van der Waals surface area contributed by atoms with E-state index < -0.39 is 5.82 Å². The Morgan fingerprint density at radius 1 is 1.32 bits per heavy atom. The van der Waals surface area contributed by atoms with E-state index in [9.17, 15) is 9.18 Å². The van der Waals surface area contributed by atoms with E-state index in [1.807, 2.05) is 6.92 Å². The Morgan fingerprint density at radius 3 is 2.63 bits per heavy atom. The number of rotatable bonds is 3. The SMILES string of the molecule is Cc1ccc(C(=O)NCC2(C)CCCCC2)c(F)c1. The van der Waals surface area contributed by atoms with Crippen LogP contribution in [-0.2, 0) is 0 Å². The first-order valence-electron chi connectivity index (χ1n) is 7.05. The van der Waals surface area contributed by atoms with Crippen LogP contribution in [0.15, 0.2) is 18.2 Å². The van der Waals surface area contributed by atoms with Gasteiger partial charge < -0.3 is 5.32 Å². The van der Waals surface area contributed by atoms with Crippen molar-refractivity contribution < 1.29 is 9.18 Å². The van der Waals surface area contributed by atoms with Gasteiger partial charge in [-0.05, 0) is 42.9 Å². The van der Waals surface area contributed by atoms with Gasteiger partial charge in [0.2, 0.25) is 0 Å². The minimum absolute atomic E-state index is 0.144. The van der Waals surface area contributed by atoms with Gasteiger partial charge in [0.05, 0.1) is 5.56 Å². The van der Waals surface area contributed by atoms with E-state index in [0.29, 0.717) is 6.54 Å². The maximum atomic E-state index is 13.7.